The Labute approximate surface area is 102 Å². The maximum absolute atomic E-state index is 13.4. The Balaban J connectivity index is 2.65. The van der Waals surface area contributed by atoms with Crippen LogP contribution in [-0.4, -0.2) is 12.6 Å². The quantitative estimate of drug-likeness (QED) is 0.771. The third-order valence-corrected chi connectivity index (χ3v) is 2.50. The molecule has 3 heteroatoms. The molecule has 1 nitrogen and oxygen atoms in total. The summed E-state index contributed by atoms with van der Waals surface area (Å²) < 4.78 is 26.4. The predicted molar refractivity (Wildman–Crippen MR) is 67.8 cm³/mol. The fourth-order valence-electron chi connectivity index (χ4n) is 1.57. The lowest BCUT2D eigenvalue weighted by Gasteiger charge is -2.07. The van der Waals surface area contributed by atoms with Crippen LogP contribution in [0.5, 0.6) is 0 Å². The molecule has 1 aromatic carbocycles. The van der Waals surface area contributed by atoms with Gasteiger partial charge in [-0.3, -0.25) is 0 Å². The van der Waals surface area contributed by atoms with Gasteiger partial charge in [0, 0.05) is 11.6 Å². The summed E-state index contributed by atoms with van der Waals surface area (Å²) in [5.74, 6) is -0.786. The molecule has 0 aliphatic rings. The first-order chi connectivity index (χ1) is 8.00. The third-order valence-electron chi connectivity index (χ3n) is 2.50. The molecular formula is C14H19F2N. The van der Waals surface area contributed by atoms with Crippen molar-refractivity contribution in [3.63, 3.8) is 0 Å². The Morgan fingerprint density at radius 3 is 2.71 bits per heavy atom. The summed E-state index contributed by atoms with van der Waals surface area (Å²) in [4.78, 5) is 0. The first-order valence-electron chi connectivity index (χ1n) is 5.86. The van der Waals surface area contributed by atoms with Crippen molar-refractivity contribution in [1.82, 2.24) is 5.32 Å². The van der Waals surface area contributed by atoms with E-state index in [4.69, 9.17) is 0 Å². The van der Waals surface area contributed by atoms with Crippen molar-refractivity contribution in [3.8, 4) is 0 Å². The van der Waals surface area contributed by atoms with Gasteiger partial charge in [-0.1, -0.05) is 19.9 Å². The average molecular weight is 239 g/mol. The van der Waals surface area contributed by atoms with Crippen LogP contribution in [0.2, 0.25) is 0 Å². The smallest absolute Gasteiger partial charge is 0.130 e. The van der Waals surface area contributed by atoms with Crippen molar-refractivity contribution in [1.29, 1.82) is 0 Å². The minimum atomic E-state index is -0.408. The van der Waals surface area contributed by atoms with Crippen molar-refractivity contribution in [2.45, 2.75) is 33.2 Å². The van der Waals surface area contributed by atoms with Gasteiger partial charge in [-0.05, 0) is 43.7 Å². The Bertz CT molecular complexity index is 397. The summed E-state index contributed by atoms with van der Waals surface area (Å²) in [6.07, 6.45) is 2.73. The molecule has 0 radical (unpaired) electrons. The van der Waals surface area contributed by atoms with Gasteiger partial charge >= 0.3 is 0 Å². The molecule has 0 bridgehead atoms. The molecule has 94 valence electrons. The summed E-state index contributed by atoms with van der Waals surface area (Å²) in [5.41, 5.74) is 1.11. The molecule has 0 aliphatic carbocycles. The monoisotopic (exact) mass is 239 g/mol. The van der Waals surface area contributed by atoms with Gasteiger partial charge in [0.25, 0.3) is 0 Å². The second-order valence-corrected chi connectivity index (χ2v) is 4.41. The maximum atomic E-state index is 13.4. The van der Waals surface area contributed by atoms with E-state index in [-0.39, 0.29) is 5.82 Å². The zero-order valence-corrected chi connectivity index (χ0v) is 10.6. The Kier molecular flexibility index (Phi) is 5.29. The van der Waals surface area contributed by atoms with Gasteiger partial charge in [-0.25, -0.2) is 8.78 Å². The number of rotatable bonds is 5. The first-order valence-corrected chi connectivity index (χ1v) is 5.86. The van der Waals surface area contributed by atoms with Crippen molar-refractivity contribution in [2.75, 3.05) is 6.54 Å². The SMILES string of the molecule is CC(=CCCNC(C)C)c1cc(F)ccc1F. The molecule has 0 atom stereocenters. The Morgan fingerprint density at radius 2 is 2.06 bits per heavy atom. The van der Waals surface area contributed by atoms with Gasteiger partial charge in [0.2, 0.25) is 0 Å². The lowest BCUT2D eigenvalue weighted by molar-refractivity contribution is 0.593. The zero-order valence-electron chi connectivity index (χ0n) is 10.6. The van der Waals surface area contributed by atoms with Crippen LogP contribution in [0.4, 0.5) is 8.78 Å². The second kappa shape index (κ2) is 6.50. The summed E-state index contributed by atoms with van der Waals surface area (Å²) in [5, 5.41) is 3.27. The van der Waals surface area contributed by atoms with Crippen LogP contribution < -0.4 is 5.32 Å². The van der Waals surface area contributed by atoms with Crippen molar-refractivity contribution in [3.05, 3.63) is 41.5 Å². The van der Waals surface area contributed by atoms with Gasteiger partial charge in [0.1, 0.15) is 11.6 Å². The number of hydrogen-bond acceptors (Lipinski definition) is 1. The van der Waals surface area contributed by atoms with Gasteiger partial charge in [0.15, 0.2) is 0 Å². The molecule has 0 unspecified atom stereocenters. The molecule has 0 saturated heterocycles. The van der Waals surface area contributed by atoms with Crippen LogP contribution >= 0.6 is 0 Å². The van der Waals surface area contributed by atoms with Crippen LogP contribution in [-0.2, 0) is 0 Å². The van der Waals surface area contributed by atoms with Gasteiger partial charge in [-0.2, -0.15) is 0 Å². The van der Waals surface area contributed by atoms with Crippen molar-refractivity contribution >= 4 is 5.57 Å². The van der Waals surface area contributed by atoms with Crippen LogP contribution in [0, 0.1) is 11.6 Å². The van der Waals surface area contributed by atoms with E-state index in [1.54, 1.807) is 6.92 Å². The summed E-state index contributed by atoms with van der Waals surface area (Å²) in [6, 6.07) is 3.97. The Morgan fingerprint density at radius 1 is 1.35 bits per heavy atom. The molecule has 0 aromatic heterocycles. The predicted octanol–water partition coefficient (Wildman–Crippen LogP) is 3.76. The normalized spacial score (nSPS) is 12.2. The minimum Gasteiger partial charge on any atom is -0.314 e. The van der Waals surface area contributed by atoms with Crippen LogP contribution in [0.1, 0.15) is 32.8 Å². The fourth-order valence-corrected chi connectivity index (χ4v) is 1.57. The van der Waals surface area contributed by atoms with E-state index in [0.717, 1.165) is 30.7 Å². The molecule has 0 aliphatic heterocycles. The van der Waals surface area contributed by atoms with E-state index in [9.17, 15) is 8.78 Å². The molecule has 0 heterocycles. The van der Waals surface area contributed by atoms with E-state index in [0.29, 0.717) is 11.6 Å². The molecule has 0 fully saturated rings. The number of halogens is 2. The molecule has 0 saturated carbocycles. The summed E-state index contributed by atoms with van der Waals surface area (Å²) >= 11 is 0. The minimum absolute atomic E-state index is 0.342. The van der Waals surface area contributed by atoms with Gasteiger partial charge in [-0.15, -0.1) is 0 Å². The van der Waals surface area contributed by atoms with Crippen molar-refractivity contribution in [2.24, 2.45) is 0 Å². The van der Waals surface area contributed by atoms with Crippen molar-refractivity contribution < 1.29 is 8.78 Å². The molecule has 0 spiro atoms. The number of allylic oxidation sites excluding steroid dienone is 1. The maximum Gasteiger partial charge on any atom is 0.130 e. The number of benzene rings is 1. The van der Waals surface area contributed by atoms with Gasteiger partial charge < -0.3 is 5.32 Å². The summed E-state index contributed by atoms with van der Waals surface area (Å²) in [7, 11) is 0. The zero-order chi connectivity index (χ0) is 12.8. The first kappa shape index (κ1) is 13.8. The van der Waals surface area contributed by atoms with Crippen LogP contribution in [0.25, 0.3) is 5.57 Å². The van der Waals surface area contributed by atoms with Crippen LogP contribution in [0.15, 0.2) is 24.3 Å². The van der Waals surface area contributed by atoms with E-state index in [1.807, 2.05) is 6.08 Å². The molecule has 1 N–H and O–H groups in total. The standard InChI is InChI=1S/C14H19F2N/c1-10(2)17-8-4-5-11(3)13-9-12(15)6-7-14(13)16/h5-7,9-10,17H,4,8H2,1-3H3. The molecule has 1 rings (SSSR count). The highest BCUT2D eigenvalue weighted by Gasteiger charge is 2.05. The van der Waals surface area contributed by atoms with Crippen LogP contribution in [0.3, 0.4) is 0 Å². The summed E-state index contributed by atoms with van der Waals surface area (Å²) in [6.45, 7) is 6.78. The third kappa shape index (κ3) is 4.65. The molecular weight excluding hydrogens is 220 g/mol. The molecule has 1 aromatic rings. The van der Waals surface area contributed by atoms with E-state index < -0.39 is 5.82 Å². The lowest BCUT2D eigenvalue weighted by atomic mass is 10.1. The number of hydrogen-bond donors (Lipinski definition) is 1. The highest BCUT2D eigenvalue weighted by Crippen LogP contribution is 2.19. The highest BCUT2D eigenvalue weighted by molar-refractivity contribution is 5.64. The highest BCUT2D eigenvalue weighted by atomic mass is 19.1. The van der Waals surface area contributed by atoms with E-state index >= 15 is 0 Å². The van der Waals surface area contributed by atoms with E-state index in [2.05, 4.69) is 19.2 Å². The largest absolute Gasteiger partial charge is 0.314 e. The molecule has 0 amide bonds. The number of nitrogens with one attached hydrogen (secondary N) is 1. The fraction of sp³-hybridized carbons (Fsp3) is 0.429. The second-order valence-electron chi connectivity index (χ2n) is 4.41. The lowest BCUT2D eigenvalue weighted by Crippen LogP contribution is -2.23. The average Bonchev–Trinajstić information content (AvgIpc) is 2.27. The van der Waals surface area contributed by atoms with Gasteiger partial charge in [0.05, 0.1) is 0 Å². The van der Waals surface area contributed by atoms with E-state index in [1.165, 1.54) is 6.07 Å². The Hall–Kier alpha value is -1.22. The topological polar surface area (TPSA) is 12.0 Å². The molecule has 17 heavy (non-hydrogen) atoms.